The van der Waals surface area contributed by atoms with Crippen LogP contribution in [0.1, 0.15) is 25.8 Å². The second-order valence-corrected chi connectivity index (χ2v) is 7.02. The lowest BCUT2D eigenvalue weighted by molar-refractivity contribution is -0.131. The molecule has 0 saturated carbocycles. The van der Waals surface area contributed by atoms with Crippen LogP contribution >= 0.6 is 11.8 Å². The second kappa shape index (κ2) is 8.15. The first-order chi connectivity index (χ1) is 11.0. The lowest BCUT2D eigenvalue weighted by Gasteiger charge is -2.21. The van der Waals surface area contributed by atoms with Gasteiger partial charge in [0.15, 0.2) is 0 Å². The Morgan fingerprint density at radius 2 is 1.91 bits per heavy atom. The van der Waals surface area contributed by atoms with Crippen molar-refractivity contribution in [1.82, 2.24) is 10.6 Å². The molecule has 2 N–H and O–H groups in total. The zero-order valence-electron chi connectivity index (χ0n) is 13.4. The third-order valence-electron chi connectivity index (χ3n) is 3.69. The molecule has 124 valence electrons. The van der Waals surface area contributed by atoms with E-state index in [0.717, 1.165) is 11.3 Å². The van der Waals surface area contributed by atoms with Gasteiger partial charge < -0.3 is 10.6 Å². The van der Waals surface area contributed by atoms with E-state index in [1.54, 1.807) is 13.8 Å². The molecular weight excluding hydrogens is 312 g/mol. The first-order valence-electron chi connectivity index (χ1n) is 7.78. The first-order valence-corrected chi connectivity index (χ1v) is 8.77. The summed E-state index contributed by atoms with van der Waals surface area (Å²) in [7, 11) is 0. The highest BCUT2D eigenvalue weighted by atomic mass is 32.2. The summed E-state index contributed by atoms with van der Waals surface area (Å²) in [6.07, 6.45) is 1.05. The monoisotopic (exact) mass is 334 g/mol. The van der Waals surface area contributed by atoms with Crippen LogP contribution in [0.4, 0.5) is 0 Å². The van der Waals surface area contributed by atoms with Crippen molar-refractivity contribution >= 4 is 28.7 Å². The quantitative estimate of drug-likeness (QED) is 0.827. The molecule has 5 nitrogen and oxygen atoms in total. The van der Waals surface area contributed by atoms with Crippen LogP contribution in [0.5, 0.6) is 0 Å². The van der Waals surface area contributed by atoms with Gasteiger partial charge in [-0.25, -0.2) is 0 Å². The fraction of sp³-hybridized carbons (Fsp3) is 0.471. The van der Waals surface area contributed by atoms with E-state index in [-0.39, 0.29) is 22.8 Å². The predicted molar refractivity (Wildman–Crippen MR) is 90.9 cm³/mol. The molecule has 1 fully saturated rings. The van der Waals surface area contributed by atoms with Crippen molar-refractivity contribution in [3.63, 3.8) is 0 Å². The molecule has 23 heavy (non-hydrogen) atoms. The Bertz CT molecular complexity index is 574. The number of amides is 2. The van der Waals surface area contributed by atoms with E-state index in [2.05, 4.69) is 10.6 Å². The maximum atomic E-state index is 12.5. The zero-order valence-corrected chi connectivity index (χ0v) is 14.2. The number of carbonyl (C=O) groups excluding carboxylic acids is 3. The largest absolute Gasteiger partial charge is 0.344 e. The molecule has 1 aliphatic rings. The highest BCUT2D eigenvalue weighted by Gasteiger charge is 2.30. The molecule has 1 heterocycles. The zero-order chi connectivity index (χ0) is 16.8. The van der Waals surface area contributed by atoms with Crippen LogP contribution in [0.3, 0.4) is 0 Å². The normalized spacial score (nSPS) is 18.7. The van der Waals surface area contributed by atoms with Crippen LogP contribution in [-0.2, 0) is 20.8 Å². The van der Waals surface area contributed by atoms with E-state index in [4.69, 9.17) is 0 Å². The second-order valence-electron chi connectivity index (χ2n) is 5.92. The number of nitrogens with one attached hydrogen (secondary N) is 2. The van der Waals surface area contributed by atoms with Gasteiger partial charge in [0.2, 0.25) is 16.9 Å². The van der Waals surface area contributed by atoms with Crippen molar-refractivity contribution in [3.8, 4) is 0 Å². The number of hydrogen-bond acceptors (Lipinski definition) is 4. The minimum absolute atomic E-state index is 0.00741. The summed E-state index contributed by atoms with van der Waals surface area (Å²) in [4.78, 5) is 36.2. The van der Waals surface area contributed by atoms with Gasteiger partial charge in [0.1, 0.15) is 6.04 Å². The summed E-state index contributed by atoms with van der Waals surface area (Å²) >= 11 is 1.24. The molecule has 0 spiro atoms. The van der Waals surface area contributed by atoms with Crippen molar-refractivity contribution in [2.75, 3.05) is 5.75 Å². The summed E-state index contributed by atoms with van der Waals surface area (Å²) in [5, 5.41) is 5.55. The molecule has 2 atom stereocenters. The SMILES string of the molecule is CC(C)C(=O)N[C@@H](Cc1ccccc1)C(=O)NC1CCSC1=O. The summed E-state index contributed by atoms with van der Waals surface area (Å²) in [5.41, 5.74) is 0.962. The molecule has 0 aliphatic carbocycles. The van der Waals surface area contributed by atoms with Crippen LogP contribution in [0.15, 0.2) is 30.3 Å². The van der Waals surface area contributed by atoms with E-state index >= 15 is 0 Å². The van der Waals surface area contributed by atoms with E-state index < -0.39 is 12.1 Å². The maximum absolute atomic E-state index is 12.5. The van der Waals surface area contributed by atoms with Crippen LogP contribution in [0, 0.1) is 5.92 Å². The lowest BCUT2D eigenvalue weighted by atomic mass is 10.0. The summed E-state index contributed by atoms with van der Waals surface area (Å²) < 4.78 is 0. The molecule has 0 aromatic heterocycles. The number of hydrogen-bond donors (Lipinski definition) is 2. The minimum atomic E-state index is -0.675. The Morgan fingerprint density at radius 3 is 2.48 bits per heavy atom. The molecule has 1 unspecified atom stereocenters. The Hall–Kier alpha value is -1.82. The van der Waals surface area contributed by atoms with Crippen LogP contribution in [0.2, 0.25) is 0 Å². The smallest absolute Gasteiger partial charge is 0.243 e. The number of thioether (sulfide) groups is 1. The van der Waals surface area contributed by atoms with E-state index in [9.17, 15) is 14.4 Å². The molecule has 2 rings (SSSR count). The summed E-state index contributed by atoms with van der Waals surface area (Å²) in [6, 6.07) is 8.40. The molecule has 1 aliphatic heterocycles. The van der Waals surface area contributed by atoms with Gasteiger partial charge in [0.05, 0.1) is 6.04 Å². The van der Waals surface area contributed by atoms with Gasteiger partial charge in [-0.2, -0.15) is 0 Å². The lowest BCUT2D eigenvalue weighted by Crippen LogP contribution is -2.52. The van der Waals surface area contributed by atoms with E-state index in [0.29, 0.717) is 12.8 Å². The van der Waals surface area contributed by atoms with Gasteiger partial charge in [-0.3, -0.25) is 14.4 Å². The summed E-state index contributed by atoms with van der Waals surface area (Å²) in [5.74, 6) is 0.0486. The first kappa shape index (κ1) is 17.5. The molecule has 2 amide bonds. The predicted octanol–water partition coefficient (Wildman–Crippen LogP) is 1.52. The Labute approximate surface area is 140 Å². The van der Waals surface area contributed by atoms with Gasteiger partial charge in [0.25, 0.3) is 0 Å². The average molecular weight is 334 g/mol. The van der Waals surface area contributed by atoms with Crippen molar-refractivity contribution in [2.24, 2.45) is 5.92 Å². The standard InChI is InChI=1S/C17H22N2O3S/c1-11(2)15(20)19-14(10-12-6-4-3-5-7-12)16(21)18-13-8-9-23-17(13)22/h3-7,11,13-14H,8-10H2,1-2H3,(H,18,21)(H,19,20)/t13?,14-/m0/s1. The van der Waals surface area contributed by atoms with Crippen molar-refractivity contribution in [1.29, 1.82) is 0 Å². The fourth-order valence-electron chi connectivity index (χ4n) is 2.30. The highest BCUT2D eigenvalue weighted by molar-refractivity contribution is 8.14. The number of rotatable bonds is 6. The van der Waals surface area contributed by atoms with E-state index in [1.807, 2.05) is 30.3 Å². The van der Waals surface area contributed by atoms with Crippen LogP contribution in [-0.4, -0.2) is 34.8 Å². The van der Waals surface area contributed by atoms with Gasteiger partial charge in [0, 0.05) is 18.1 Å². The topological polar surface area (TPSA) is 75.3 Å². The van der Waals surface area contributed by atoms with Crippen molar-refractivity contribution < 1.29 is 14.4 Å². The Kier molecular flexibility index (Phi) is 6.21. The molecular formula is C17H22N2O3S. The van der Waals surface area contributed by atoms with E-state index in [1.165, 1.54) is 11.8 Å². The van der Waals surface area contributed by atoms with Gasteiger partial charge >= 0.3 is 0 Å². The molecule has 0 radical (unpaired) electrons. The minimum Gasteiger partial charge on any atom is -0.344 e. The van der Waals surface area contributed by atoms with Gasteiger partial charge in [-0.15, -0.1) is 0 Å². The van der Waals surface area contributed by atoms with Crippen LogP contribution in [0.25, 0.3) is 0 Å². The molecule has 1 aromatic carbocycles. The highest BCUT2D eigenvalue weighted by Crippen LogP contribution is 2.19. The molecule has 1 aromatic rings. The average Bonchev–Trinajstić information content (AvgIpc) is 2.92. The van der Waals surface area contributed by atoms with Gasteiger partial charge in [-0.1, -0.05) is 55.9 Å². The third-order valence-corrected chi connectivity index (χ3v) is 4.70. The van der Waals surface area contributed by atoms with Gasteiger partial charge in [-0.05, 0) is 12.0 Å². The molecule has 0 bridgehead atoms. The Balaban J connectivity index is 2.06. The number of carbonyl (C=O) groups is 3. The van der Waals surface area contributed by atoms with Crippen molar-refractivity contribution in [2.45, 2.75) is 38.8 Å². The third kappa shape index (κ3) is 5.10. The summed E-state index contributed by atoms with van der Waals surface area (Å²) in [6.45, 7) is 3.56. The fourth-order valence-corrected chi connectivity index (χ4v) is 3.23. The molecule has 6 heteroatoms. The number of benzene rings is 1. The Morgan fingerprint density at radius 1 is 1.22 bits per heavy atom. The molecule has 1 saturated heterocycles. The maximum Gasteiger partial charge on any atom is 0.243 e. The van der Waals surface area contributed by atoms with Crippen molar-refractivity contribution in [3.05, 3.63) is 35.9 Å². The van der Waals surface area contributed by atoms with Crippen LogP contribution < -0.4 is 10.6 Å².